The first-order valence-electron chi connectivity index (χ1n) is 3.45. The van der Waals surface area contributed by atoms with E-state index in [-0.39, 0.29) is 12.1 Å². The normalized spacial score (nSPS) is 9.36. The van der Waals surface area contributed by atoms with Crippen molar-refractivity contribution in [2.75, 3.05) is 0 Å². The molecular weight excluding hydrogens is 190 g/mol. The van der Waals surface area contributed by atoms with E-state index in [0.29, 0.717) is 0 Å². The molecule has 1 amide bonds. The fourth-order valence-electron chi connectivity index (χ4n) is 0.866. The van der Waals surface area contributed by atoms with Gasteiger partial charge in [0.25, 0.3) is 0 Å². The summed E-state index contributed by atoms with van der Waals surface area (Å²) in [6.07, 6.45) is 1.10. The van der Waals surface area contributed by atoms with Crippen LogP contribution in [-0.4, -0.2) is 20.6 Å². The van der Waals surface area contributed by atoms with Gasteiger partial charge in [0.2, 0.25) is 5.91 Å². The Balaban J connectivity index is 3.08. The maximum atomic E-state index is 10.5. The highest BCUT2D eigenvalue weighted by Gasteiger charge is 2.20. The van der Waals surface area contributed by atoms with E-state index in [0.717, 1.165) is 10.9 Å². The third-order valence-corrected chi connectivity index (χ3v) is 1.35. The Morgan fingerprint density at radius 2 is 2.50 bits per heavy atom. The fraction of sp³-hybridized carbons (Fsp3) is 0.167. The largest absolute Gasteiger partial charge is 0.407 e. The van der Waals surface area contributed by atoms with Crippen LogP contribution < -0.4 is 5.73 Å². The minimum Gasteiger partial charge on any atom is -0.368 e. The Morgan fingerprint density at radius 3 is 2.86 bits per heavy atom. The number of amides is 1. The van der Waals surface area contributed by atoms with Crippen molar-refractivity contribution in [3.8, 4) is 6.07 Å². The Labute approximate surface area is 77.7 Å². The number of hydrogen-bond donors (Lipinski definition) is 1. The minimum absolute atomic E-state index is 0.198. The van der Waals surface area contributed by atoms with Gasteiger partial charge < -0.3 is 15.8 Å². The van der Waals surface area contributed by atoms with Crippen molar-refractivity contribution in [1.82, 2.24) is 9.78 Å². The number of carbonyl (C=O) groups excluding carboxylic acids is 1. The smallest absolute Gasteiger partial charge is 0.368 e. The van der Waals surface area contributed by atoms with E-state index in [1.165, 1.54) is 0 Å². The molecule has 72 valence electrons. The average Bonchev–Trinajstić information content (AvgIpc) is 2.46. The fourth-order valence-corrected chi connectivity index (χ4v) is 0.866. The Kier molecular flexibility index (Phi) is 2.43. The maximum absolute atomic E-state index is 10.5. The molecule has 2 N–H and O–H groups in total. The number of nitrogens with zero attached hydrogens (tertiary/aromatic N) is 4. The zero-order valence-electron chi connectivity index (χ0n) is 6.88. The van der Waals surface area contributed by atoms with Crippen molar-refractivity contribution in [1.29, 1.82) is 5.26 Å². The molecule has 0 aliphatic heterocycles. The summed E-state index contributed by atoms with van der Waals surface area (Å²) in [5, 5.41) is 22.2. The molecule has 1 aromatic rings. The highest BCUT2D eigenvalue weighted by molar-refractivity contribution is 5.73. The predicted octanol–water partition coefficient (Wildman–Crippen LogP) is -0.852. The highest BCUT2D eigenvalue weighted by Crippen LogP contribution is 2.13. The van der Waals surface area contributed by atoms with Crippen LogP contribution in [0.4, 0.5) is 5.82 Å². The van der Waals surface area contributed by atoms with Crippen LogP contribution in [-0.2, 0) is 11.3 Å². The van der Waals surface area contributed by atoms with Crippen LogP contribution in [0.2, 0.25) is 0 Å². The summed E-state index contributed by atoms with van der Waals surface area (Å²) in [7, 11) is 0. The van der Waals surface area contributed by atoms with E-state index in [4.69, 9.17) is 11.0 Å². The van der Waals surface area contributed by atoms with Crippen molar-refractivity contribution >= 4 is 11.7 Å². The van der Waals surface area contributed by atoms with E-state index in [9.17, 15) is 14.9 Å². The van der Waals surface area contributed by atoms with Gasteiger partial charge in [0.1, 0.15) is 12.6 Å². The van der Waals surface area contributed by atoms with Gasteiger partial charge in [-0.25, -0.2) is 0 Å². The van der Waals surface area contributed by atoms with Gasteiger partial charge in [0.15, 0.2) is 5.56 Å². The molecule has 0 radical (unpaired) electrons. The molecule has 1 rings (SSSR count). The first-order valence-corrected chi connectivity index (χ1v) is 3.45. The monoisotopic (exact) mass is 195 g/mol. The van der Waals surface area contributed by atoms with Gasteiger partial charge in [-0.05, 0) is 4.92 Å². The molecule has 0 unspecified atom stereocenters. The molecule has 1 aromatic heterocycles. The van der Waals surface area contributed by atoms with Crippen molar-refractivity contribution in [2.45, 2.75) is 6.54 Å². The first-order chi connectivity index (χ1) is 6.54. The van der Waals surface area contributed by atoms with Crippen LogP contribution in [0.3, 0.4) is 0 Å². The molecule has 0 aliphatic carbocycles. The minimum atomic E-state index is -0.796. The summed E-state index contributed by atoms with van der Waals surface area (Å²) in [5.41, 5.74) is 4.65. The second-order valence-electron chi connectivity index (χ2n) is 2.40. The van der Waals surface area contributed by atoms with E-state index in [1.54, 1.807) is 6.07 Å². The molecule has 8 nitrogen and oxygen atoms in total. The number of nitriles is 1. The number of primary amides is 1. The highest BCUT2D eigenvalue weighted by atomic mass is 16.6. The lowest BCUT2D eigenvalue weighted by molar-refractivity contribution is -0.390. The van der Waals surface area contributed by atoms with Crippen LogP contribution >= 0.6 is 0 Å². The summed E-state index contributed by atoms with van der Waals surface area (Å²) in [4.78, 5) is 20.0. The van der Waals surface area contributed by atoms with Crippen molar-refractivity contribution in [2.24, 2.45) is 5.73 Å². The lowest BCUT2D eigenvalue weighted by Gasteiger charge is -1.88. The Hall–Kier alpha value is -2.43. The molecule has 0 aliphatic rings. The topological polar surface area (TPSA) is 128 Å². The molecule has 0 saturated heterocycles. The Morgan fingerprint density at radius 1 is 1.86 bits per heavy atom. The van der Waals surface area contributed by atoms with Crippen LogP contribution in [0.1, 0.15) is 5.56 Å². The number of nitrogens with two attached hydrogens (primary N) is 1. The summed E-state index contributed by atoms with van der Waals surface area (Å²) < 4.78 is 0.957. The molecule has 0 aromatic carbocycles. The summed E-state index contributed by atoms with van der Waals surface area (Å²) in [6.45, 7) is -0.289. The number of nitro groups is 1. The zero-order valence-corrected chi connectivity index (χ0v) is 6.88. The number of hydrogen-bond acceptors (Lipinski definition) is 5. The zero-order chi connectivity index (χ0) is 10.7. The van der Waals surface area contributed by atoms with Crippen molar-refractivity contribution in [3.05, 3.63) is 21.9 Å². The standard InChI is InChI=1S/C6H5N5O3/c7-1-4-2-10(3-5(8)12)9-6(4)11(13)14/h2H,3H2,(H2,8,12). The number of carbonyl (C=O) groups is 1. The number of rotatable bonds is 3. The van der Waals surface area contributed by atoms with Gasteiger partial charge in [-0.3, -0.25) is 4.79 Å². The third-order valence-electron chi connectivity index (χ3n) is 1.35. The molecule has 1 heterocycles. The van der Waals surface area contributed by atoms with Crippen LogP contribution in [0, 0.1) is 21.4 Å². The van der Waals surface area contributed by atoms with E-state index in [1.807, 2.05) is 0 Å². The van der Waals surface area contributed by atoms with Gasteiger partial charge in [0, 0.05) is 0 Å². The van der Waals surface area contributed by atoms with Gasteiger partial charge >= 0.3 is 5.82 Å². The van der Waals surface area contributed by atoms with E-state index in [2.05, 4.69) is 5.10 Å². The molecule has 0 bridgehead atoms. The maximum Gasteiger partial charge on any atom is 0.407 e. The molecular formula is C6H5N5O3. The summed E-state index contributed by atoms with van der Waals surface area (Å²) >= 11 is 0. The third kappa shape index (κ3) is 1.84. The molecule has 0 spiro atoms. The SMILES string of the molecule is N#Cc1cn(CC(N)=O)nc1[N+](=O)[O-]. The lowest BCUT2D eigenvalue weighted by atomic mass is 10.4. The van der Waals surface area contributed by atoms with E-state index >= 15 is 0 Å². The van der Waals surface area contributed by atoms with Crippen LogP contribution in [0.25, 0.3) is 0 Å². The van der Waals surface area contributed by atoms with E-state index < -0.39 is 16.6 Å². The van der Waals surface area contributed by atoms with Gasteiger partial charge in [-0.15, -0.1) is 0 Å². The van der Waals surface area contributed by atoms with Crippen LogP contribution in [0.5, 0.6) is 0 Å². The number of aromatic nitrogens is 2. The van der Waals surface area contributed by atoms with Crippen LogP contribution in [0.15, 0.2) is 6.20 Å². The van der Waals surface area contributed by atoms with Gasteiger partial charge in [-0.1, -0.05) is 0 Å². The Bertz CT molecular complexity index is 429. The van der Waals surface area contributed by atoms with Gasteiger partial charge in [-0.2, -0.15) is 9.94 Å². The quantitative estimate of drug-likeness (QED) is 0.496. The summed E-state index contributed by atoms with van der Waals surface area (Å²) in [5.74, 6) is -1.26. The summed E-state index contributed by atoms with van der Waals surface area (Å²) in [6, 6.07) is 1.59. The molecule has 14 heavy (non-hydrogen) atoms. The first kappa shape index (κ1) is 9.66. The van der Waals surface area contributed by atoms with Crippen molar-refractivity contribution < 1.29 is 9.72 Å². The van der Waals surface area contributed by atoms with Gasteiger partial charge in [0.05, 0.1) is 11.3 Å². The second-order valence-corrected chi connectivity index (χ2v) is 2.40. The second kappa shape index (κ2) is 3.53. The van der Waals surface area contributed by atoms with Crippen molar-refractivity contribution in [3.63, 3.8) is 0 Å². The average molecular weight is 195 g/mol. The molecule has 0 saturated carbocycles. The molecule has 0 atom stereocenters. The molecule has 0 fully saturated rings. The lowest BCUT2D eigenvalue weighted by Crippen LogP contribution is -2.18. The predicted molar refractivity (Wildman–Crippen MR) is 42.8 cm³/mol. The molecule has 8 heteroatoms.